The van der Waals surface area contributed by atoms with E-state index in [9.17, 15) is 9.59 Å². The van der Waals surface area contributed by atoms with E-state index in [0.717, 1.165) is 6.54 Å². The molecule has 0 heterocycles. The monoisotopic (exact) mass is 377 g/mol. The van der Waals surface area contributed by atoms with Gasteiger partial charge in [0.2, 0.25) is 0 Å². The van der Waals surface area contributed by atoms with E-state index in [1.165, 1.54) is 46.6 Å². The Morgan fingerprint density at radius 3 is 1.82 bits per heavy atom. The summed E-state index contributed by atoms with van der Waals surface area (Å²) in [5.41, 5.74) is 4.82. The summed E-state index contributed by atoms with van der Waals surface area (Å²) in [6.45, 7) is 5.18. The molecule has 0 unspecified atom stereocenters. The van der Waals surface area contributed by atoms with Crippen molar-refractivity contribution in [3.05, 3.63) is 101 Å². The van der Waals surface area contributed by atoms with Crippen LogP contribution in [0.3, 0.4) is 0 Å². The molecule has 3 aromatic carbocycles. The molecule has 0 spiro atoms. The van der Waals surface area contributed by atoms with Gasteiger partial charge in [-0.3, -0.25) is 0 Å². The molecular weight excluding hydrogens is 354 g/mol. The number of aromatic carboxylic acids is 2. The number of carboxylic acid groups (broad SMARTS) is 2. The first-order valence-corrected chi connectivity index (χ1v) is 8.79. The van der Waals surface area contributed by atoms with Crippen molar-refractivity contribution < 1.29 is 19.8 Å². The molecule has 0 amide bonds. The van der Waals surface area contributed by atoms with Gasteiger partial charge < -0.3 is 15.5 Å². The lowest BCUT2D eigenvalue weighted by Gasteiger charge is -2.11. The standard InChI is InChI=1S/C15H17N.C8H6O4/c1-12-7-6-10-15(13(12)2)16-11-14-8-4-3-5-9-14;9-7(10)5-3-1-2-4-6(5)8(11)12/h3-10,16H,11H2,1-2H3;1-4H,(H,9,10)(H,11,12). The van der Waals surface area contributed by atoms with E-state index in [1.807, 2.05) is 6.07 Å². The molecule has 144 valence electrons. The van der Waals surface area contributed by atoms with Crippen LogP contribution >= 0.6 is 0 Å². The molecule has 0 bridgehead atoms. The van der Waals surface area contributed by atoms with Crippen molar-refractivity contribution in [2.24, 2.45) is 0 Å². The maximum atomic E-state index is 10.5. The highest BCUT2D eigenvalue weighted by molar-refractivity contribution is 6.01. The van der Waals surface area contributed by atoms with Crippen LogP contribution in [-0.4, -0.2) is 22.2 Å². The second-order valence-corrected chi connectivity index (χ2v) is 6.24. The molecule has 0 aliphatic rings. The third-order valence-electron chi connectivity index (χ3n) is 4.32. The van der Waals surface area contributed by atoms with Gasteiger partial charge in [0.1, 0.15) is 0 Å². The first-order chi connectivity index (χ1) is 13.4. The second-order valence-electron chi connectivity index (χ2n) is 6.24. The van der Waals surface area contributed by atoms with Gasteiger partial charge in [-0.05, 0) is 48.7 Å². The molecule has 0 saturated carbocycles. The van der Waals surface area contributed by atoms with Gasteiger partial charge in [0.25, 0.3) is 0 Å². The topological polar surface area (TPSA) is 86.6 Å². The molecule has 0 aromatic heterocycles. The average molecular weight is 377 g/mol. The summed E-state index contributed by atoms with van der Waals surface area (Å²) >= 11 is 0. The van der Waals surface area contributed by atoms with E-state index < -0.39 is 11.9 Å². The highest BCUT2D eigenvalue weighted by atomic mass is 16.4. The molecule has 0 saturated heterocycles. The van der Waals surface area contributed by atoms with E-state index in [4.69, 9.17) is 10.2 Å². The Hall–Kier alpha value is -3.60. The molecule has 0 radical (unpaired) electrons. The molecule has 3 aromatic rings. The van der Waals surface area contributed by atoms with E-state index in [-0.39, 0.29) is 11.1 Å². The van der Waals surface area contributed by atoms with Crippen molar-refractivity contribution in [3.63, 3.8) is 0 Å². The Bertz CT molecular complexity index is 919. The quantitative estimate of drug-likeness (QED) is 0.582. The average Bonchev–Trinajstić information content (AvgIpc) is 2.70. The lowest BCUT2D eigenvalue weighted by molar-refractivity contribution is 0.0651. The van der Waals surface area contributed by atoms with Crippen LogP contribution in [0.4, 0.5) is 5.69 Å². The third-order valence-corrected chi connectivity index (χ3v) is 4.32. The Morgan fingerprint density at radius 1 is 0.750 bits per heavy atom. The molecule has 3 rings (SSSR count). The molecule has 5 nitrogen and oxygen atoms in total. The first-order valence-electron chi connectivity index (χ1n) is 8.79. The smallest absolute Gasteiger partial charge is 0.336 e. The normalized spacial score (nSPS) is 9.79. The Morgan fingerprint density at radius 2 is 1.29 bits per heavy atom. The maximum Gasteiger partial charge on any atom is 0.336 e. The molecule has 3 N–H and O–H groups in total. The Labute approximate surface area is 164 Å². The van der Waals surface area contributed by atoms with Crippen molar-refractivity contribution in [1.82, 2.24) is 0 Å². The summed E-state index contributed by atoms with van der Waals surface area (Å²) < 4.78 is 0. The largest absolute Gasteiger partial charge is 0.478 e. The first kappa shape index (κ1) is 20.7. The fourth-order valence-corrected chi connectivity index (χ4v) is 2.59. The zero-order valence-corrected chi connectivity index (χ0v) is 15.8. The number of carboxylic acids is 2. The summed E-state index contributed by atoms with van der Waals surface area (Å²) in [7, 11) is 0. The molecule has 0 aliphatic heterocycles. The van der Waals surface area contributed by atoms with Gasteiger partial charge in [-0.15, -0.1) is 0 Å². The molecule has 0 aliphatic carbocycles. The van der Waals surface area contributed by atoms with Gasteiger partial charge in [-0.2, -0.15) is 0 Å². The Balaban J connectivity index is 0.000000209. The van der Waals surface area contributed by atoms with Crippen LogP contribution in [-0.2, 0) is 6.54 Å². The molecule has 28 heavy (non-hydrogen) atoms. The van der Waals surface area contributed by atoms with E-state index >= 15 is 0 Å². The van der Waals surface area contributed by atoms with Crippen LogP contribution in [0, 0.1) is 13.8 Å². The third kappa shape index (κ3) is 5.71. The van der Waals surface area contributed by atoms with Gasteiger partial charge in [0.05, 0.1) is 11.1 Å². The predicted octanol–water partition coefficient (Wildman–Crippen LogP) is 5.00. The summed E-state index contributed by atoms with van der Waals surface area (Å²) in [6, 6.07) is 22.3. The van der Waals surface area contributed by atoms with Gasteiger partial charge in [-0.1, -0.05) is 54.6 Å². The number of hydrogen-bond donors (Lipinski definition) is 3. The zero-order valence-electron chi connectivity index (χ0n) is 15.8. The maximum absolute atomic E-state index is 10.5. The van der Waals surface area contributed by atoms with Crippen LogP contribution in [0.2, 0.25) is 0 Å². The van der Waals surface area contributed by atoms with E-state index in [2.05, 4.69) is 61.6 Å². The summed E-state index contributed by atoms with van der Waals surface area (Å²) in [5.74, 6) is -2.46. The zero-order chi connectivity index (χ0) is 20.5. The van der Waals surface area contributed by atoms with E-state index in [1.54, 1.807) is 0 Å². The van der Waals surface area contributed by atoms with Crippen molar-refractivity contribution in [3.8, 4) is 0 Å². The molecule has 5 heteroatoms. The minimum atomic E-state index is -1.23. The van der Waals surface area contributed by atoms with E-state index in [0.29, 0.717) is 0 Å². The lowest BCUT2D eigenvalue weighted by atomic mass is 10.1. The van der Waals surface area contributed by atoms with Crippen LogP contribution in [0.15, 0.2) is 72.8 Å². The molecular formula is C23H23NO4. The van der Waals surface area contributed by atoms with Crippen molar-refractivity contribution in [2.75, 3.05) is 5.32 Å². The highest BCUT2D eigenvalue weighted by Gasteiger charge is 2.13. The SMILES string of the molecule is Cc1cccc(NCc2ccccc2)c1C.O=C(O)c1ccccc1C(=O)O. The fourth-order valence-electron chi connectivity index (χ4n) is 2.59. The lowest BCUT2D eigenvalue weighted by Crippen LogP contribution is -2.06. The predicted molar refractivity (Wildman–Crippen MR) is 110 cm³/mol. The van der Waals surface area contributed by atoms with Gasteiger partial charge in [-0.25, -0.2) is 9.59 Å². The van der Waals surface area contributed by atoms with Crippen LogP contribution in [0.25, 0.3) is 0 Å². The second kappa shape index (κ2) is 9.92. The van der Waals surface area contributed by atoms with Crippen molar-refractivity contribution >= 4 is 17.6 Å². The van der Waals surface area contributed by atoms with Gasteiger partial charge >= 0.3 is 11.9 Å². The van der Waals surface area contributed by atoms with Crippen LogP contribution in [0.1, 0.15) is 37.4 Å². The number of rotatable bonds is 5. The summed E-state index contributed by atoms with van der Waals surface area (Å²) in [6.07, 6.45) is 0. The molecule has 0 atom stereocenters. The van der Waals surface area contributed by atoms with Gasteiger partial charge in [0.15, 0.2) is 0 Å². The molecule has 0 fully saturated rings. The number of hydrogen-bond acceptors (Lipinski definition) is 3. The Kier molecular flexibility index (Phi) is 7.34. The number of nitrogens with one attached hydrogen (secondary N) is 1. The summed E-state index contributed by atoms with van der Waals surface area (Å²) in [4.78, 5) is 20.9. The highest BCUT2D eigenvalue weighted by Crippen LogP contribution is 2.18. The minimum Gasteiger partial charge on any atom is -0.478 e. The van der Waals surface area contributed by atoms with Gasteiger partial charge in [0, 0.05) is 12.2 Å². The summed E-state index contributed by atoms with van der Waals surface area (Å²) in [5, 5.41) is 20.6. The van der Waals surface area contributed by atoms with Crippen LogP contribution < -0.4 is 5.32 Å². The van der Waals surface area contributed by atoms with Crippen LogP contribution in [0.5, 0.6) is 0 Å². The minimum absolute atomic E-state index is 0.190. The number of carbonyl (C=O) groups is 2. The van der Waals surface area contributed by atoms with Crippen molar-refractivity contribution in [1.29, 1.82) is 0 Å². The number of benzene rings is 3. The van der Waals surface area contributed by atoms with Crippen molar-refractivity contribution in [2.45, 2.75) is 20.4 Å². The fraction of sp³-hybridized carbons (Fsp3) is 0.130. The number of anilines is 1. The number of aryl methyl sites for hydroxylation is 1.